The van der Waals surface area contributed by atoms with Crippen molar-refractivity contribution in [3.63, 3.8) is 0 Å². The molecule has 17 heavy (non-hydrogen) atoms. The van der Waals surface area contributed by atoms with Crippen molar-refractivity contribution in [3.05, 3.63) is 30.5 Å². The number of fused-ring (bicyclic) bond motifs is 1. The second-order valence-corrected chi connectivity index (χ2v) is 4.20. The van der Waals surface area contributed by atoms with Crippen LogP contribution >= 0.6 is 0 Å². The summed E-state index contributed by atoms with van der Waals surface area (Å²) < 4.78 is 7.56. The third-order valence-electron chi connectivity index (χ3n) is 2.71. The summed E-state index contributed by atoms with van der Waals surface area (Å²) in [6.45, 7) is 0.0668. The van der Waals surface area contributed by atoms with E-state index in [2.05, 4.69) is 0 Å². The van der Waals surface area contributed by atoms with Gasteiger partial charge in [0.1, 0.15) is 5.75 Å². The van der Waals surface area contributed by atoms with Gasteiger partial charge in [0.15, 0.2) is 6.61 Å². The maximum absolute atomic E-state index is 11.5. The summed E-state index contributed by atoms with van der Waals surface area (Å²) in [6, 6.07) is 7.86. The van der Waals surface area contributed by atoms with Gasteiger partial charge in [-0.2, -0.15) is 0 Å². The highest BCUT2D eigenvalue weighted by atomic mass is 16.5. The molecule has 0 aliphatic heterocycles. The van der Waals surface area contributed by atoms with E-state index >= 15 is 0 Å². The molecule has 0 saturated heterocycles. The van der Waals surface area contributed by atoms with Crippen molar-refractivity contribution in [2.45, 2.75) is 0 Å². The number of nitrogens with zero attached hydrogens (tertiary/aromatic N) is 2. The molecule has 0 N–H and O–H groups in total. The summed E-state index contributed by atoms with van der Waals surface area (Å²) in [5, 5.41) is 1.11. The molecule has 1 aromatic carbocycles. The van der Waals surface area contributed by atoms with Crippen LogP contribution in [0.1, 0.15) is 0 Å². The van der Waals surface area contributed by atoms with Gasteiger partial charge in [-0.15, -0.1) is 0 Å². The number of ether oxygens (including phenoxy) is 1. The van der Waals surface area contributed by atoms with Crippen molar-refractivity contribution in [3.8, 4) is 5.75 Å². The van der Waals surface area contributed by atoms with Crippen LogP contribution in [0, 0.1) is 0 Å². The molecule has 2 rings (SSSR count). The Hall–Kier alpha value is -1.97. The minimum absolute atomic E-state index is 0.0452. The van der Waals surface area contributed by atoms with Crippen LogP contribution in [-0.4, -0.2) is 36.1 Å². The minimum Gasteiger partial charge on any atom is -0.482 e. The number of hydrogen-bond acceptors (Lipinski definition) is 2. The third-order valence-corrected chi connectivity index (χ3v) is 2.71. The van der Waals surface area contributed by atoms with Gasteiger partial charge in [0.05, 0.1) is 5.52 Å². The summed E-state index contributed by atoms with van der Waals surface area (Å²) in [7, 11) is 5.40. The molecule has 0 aliphatic rings. The smallest absolute Gasteiger partial charge is 0.259 e. The number of carbonyl (C=O) groups excluding carboxylic acids is 1. The molecular formula is C13H16N2O2. The zero-order chi connectivity index (χ0) is 12.4. The van der Waals surface area contributed by atoms with Gasteiger partial charge in [0.2, 0.25) is 0 Å². The number of para-hydroxylation sites is 1. The maximum atomic E-state index is 11.5. The van der Waals surface area contributed by atoms with Crippen molar-refractivity contribution in [2.24, 2.45) is 7.05 Å². The summed E-state index contributed by atoms with van der Waals surface area (Å²) >= 11 is 0. The van der Waals surface area contributed by atoms with Gasteiger partial charge >= 0.3 is 0 Å². The molecule has 1 heterocycles. The first kappa shape index (κ1) is 11.5. The molecule has 0 aliphatic carbocycles. The molecule has 0 spiro atoms. The predicted octanol–water partition coefficient (Wildman–Crippen LogP) is 1.65. The van der Waals surface area contributed by atoms with E-state index in [-0.39, 0.29) is 12.5 Å². The van der Waals surface area contributed by atoms with E-state index in [1.165, 1.54) is 4.90 Å². The molecule has 4 nitrogen and oxygen atoms in total. The Morgan fingerprint density at radius 1 is 1.35 bits per heavy atom. The van der Waals surface area contributed by atoms with Crippen molar-refractivity contribution >= 4 is 16.8 Å². The van der Waals surface area contributed by atoms with Gasteiger partial charge in [-0.3, -0.25) is 4.79 Å². The van der Waals surface area contributed by atoms with E-state index in [0.29, 0.717) is 0 Å². The fourth-order valence-corrected chi connectivity index (χ4v) is 1.70. The number of rotatable bonds is 3. The van der Waals surface area contributed by atoms with Gasteiger partial charge in [-0.05, 0) is 12.1 Å². The van der Waals surface area contributed by atoms with Crippen LogP contribution in [0.5, 0.6) is 5.75 Å². The lowest BCUT2D eigenvalue weighted by molar-refractivity contribution is -0.130. The first-order chi connectivity index (χ1) is 8.09. The number of hydrogen-bond donors (Lipinski definition) is 0. The first-order valence-electron chi connectivity index (χ1n) is 5.46. The van der Waals surface area contributed by atoms with Gasteiger partial charge in [-0.1, -0.05) is 12.1 Å². The Bertz CT molecular complexity index is 543. The van der Waals surface area contributed by atoms with E-state index in [1.54, 1.807) is 14.1 Å². The van der Waals surface area contributed by atoms with E-state index < -0.39 is 0 Å². The number of benzene rings is 1. The molecule has 0 bridgehead atoms. The average Bonchev–Trinajstić information content (AvgIpc) is 2.68. The number of carbonyl (C=O) groups is 1. The Labute approximate surface area is 100 Å². The van der Waals surface area contributed by atoms with E-state index in [9.17, 15) is 4.79 Å². The van der Waals surface area contributed by atoms with Crippen LogP contribution in [0.15, 0.2) is 30.5 Å². The number of amides is 1. The highest BCUT2D eigenvalue weighted by Gasteiger charge is 2.09. The van der Waals surface area contributed by atoms with E-state index in [0.717, 1.165) is 16.7 Å². The lowest BCUT2D eigenvalue weighted by atomic mass is 10.2. The monoisotopic (exact) mass is 232 g/mol. The van der Waals surface area contributed by atoms with Gasteiger partial charge in [0.25, 0.3) is 5.91 Å². The lowest BCUT2D eigenvalue weighted by Gasteiger charge is -2.12. The predicted molar refractivity (Wildman–Crippen MR) is 67.1 cm³/mol. The molecule has 0 saturated carbocycles. The molecule has 90 valence electrons. The molecule has 0 unspecified atom stereocenters. The summed E-state index contributed by atoms with van der Waals surface area (Å²) in [6.07, 6.45) is 1.98. The van der Waals surface area contributed by atoms with Crippen molar-refractivity contribution in [1.29, 1.82) is 0 Å². The first-order valence-corrected chi connectivity index (χ1v) is 5.46. The maximum Gasteiger partial charge on any atom is 0.259 e. The largest absolute Gasteiger partial charge is 0.482 e. The van der Waals surface area contributed by atoms with Crippen molar-refractivity contribution in [1.82, 2.24) is 9.47 Å². The van der Waals surface area contributed by atoms with Crippen molar-refractivity contribution in [2.75, 3.05) is 20.7 Å². The number of likely N-dealkylation sites (N-methyl/N-ethyl adjacent to an activating group) is 1. The van der Waals surface area contributed by atoms with E-state index in [1.807, 2.05) is 42.1 Å². The molecule has 0 radical (unpaired) electrons. The Morgan fingerprint density at radius 2 is 2.12 bits per heavy atom. The number of aryl methyl sites for hydroxylation is 1. The lowest BCUT2D eigenvalue weighted by Crippen LogP contribution is -2.27. The third kappa shape index (κ3) is 2.25. The van der Waals surface area contributed by atoms with Crippen LogP contribution in [-0.2, 0) is 11.8 Å². The topological polar surface area (TPSA) is 34.5 Å². The van der Waals surface area contributed by atoms with Crippen molar-refractivity contribution < 1.29 is 9.53 Å². The second kappa shape index (κ2) is 4.49. The molecule has 1 aromatic heterocycles. The fourth-order valence-electron chi connectivity index (χ4n) is 1.70. The molecule has 0 atom stereocenters. The van der Waals surface area contributed by atoms with Crippen LogP contribution in [0.4, 0.5) is 0 Å². The summed E-state index contributed by atoms with van der Waals surface area (Å²) in [4.78, 5) is 13.0. The summed E-state index contributed by atoms with van der Waals surface area (Å²) in [5.74, 6) is 0.696. The van der Waals surface area contributed by atoms with E-state index in [4.69, 9.17) is 4.74 Å². The highest BCUT2D eigenvalue weighted by Crippen LogP contribution is 2.25. The van der Waals surface area contributed by atoms with Crippen LogP contribution in [0.3, 0.4) is 0 Å². The minimum atomic E-state index is -0.0452. The SMILES string of the molecule is CN(C)C(=O)COc1cccc2ccn(C)c12. The molecule has 1 amide bonds. The Morgan fingerprint density at radius 3 is 2.82 bits per heavy atom. The zero-order valence-electron chi connectivity index (χ0n) is 10.3. The zero-order valence-corrected chi connectivity index (χ0v) is 10.3. The average molecular weight is 232 g/mol. The normalized spacial score (nSPS) is 10.5. The fraction of sp³-hybridized carbons (Fsp3) is 0.308. The molecule has 0 fully saturated rings. The quantitative estimate of drug-likeness (QED) is 0.806. The Kier molecular flexibility index (Phi) is 3.04. The van der Waals surface area contributed by atoms with Crippen LogP contribution in [0.25, 0.3) is 10.9 Å². The van der Waals surface area contributed by atoms with Gasteiger partial charge in [-0.25, -0.2) is 0 Å². The van der Waals surface area contributed by atoms with Gasteiger partial charge in [0, 0.05) is 32.7 Å². The molecule has 4 heteroatoms. The molecule has 2 aromatic rings. The van der Waals surface area contributed by atoms with Gasteiger partial charge < -0.3 is 14.2 Å². The standard InChI is InChI=1S/C13H16N2O2/c1-14(2)12(16)9-17-11-6-4-5-10-7-8-15(3)13(10)11/h4-8H,9H2,1-3H3. The summed E-state index contributed by atoms with van der Waals surface area (Å²) in [5.41, 5.74) is 1.01. The second-order valence-electron chi connectivity index (χ2n) is 4.20. The van der Waals surface area contributed by atoms with Crippen LogP contribution in [0.2, 0.25) is 0 Å². The van der Waals surface area contributed by atoms with Crippen LogP contribution < -0.4 is 4.74 Å². The Balaban J connectivity index is 2.24. The number of aromatic nitrogens is 1. The highest BCUT2D eigenvalue weighted by molar-refractivity contribution is 5.86. The molecular weight excluding hydrogens is 216 g/mol.